The van der Waals surface area contributed by atoms with E-state index in [1.807, 2.05) is 6.07 Å². The first-order valence-electron chi connectivity index (χ1n) is 6.64. The lowest BCUT2D eigenvalue weighted by Gasteiger charge is -2.40. The van der Waals surface area contributed by atoms with Crippen LogP contribution in [0.3, 0.4) is 0 Å². The molecular formula is C15H22O3. The van der Waals surface area contributed by atoms with Crippen molar-refractivity contribution >= 4 is 5.97 Å². The van der Waals surface area contributed by atoms with Gasteiger partial charge in [0, 0.05) is 5.92 Å². The summed E-state index contributed by atoms with van der Waals surface area (Å²) in [6.07, 6.45) is 6.06. The van der Waals surface area contributed by atoms with E-state index in [1.165, 1.54) is 0 Å². The molecule has 18 heavy (non-hydrogen) atoms. The van der Waals surface area contributed by atoms with E-state index in [4.69, 9.17) is 4.42 Å². The topological polar surface area (TPSA) is 50.4 Å². The van der Waals surface area contributed by atoms with Gasteiger partial charge in [0.25, 0.3) is 0 Å². The normalized spacial score (nSPS) is 29.2. The van der Waals surface area contributed by atoms with Crippen LogP contribution in [-0.4, -0.2) is 11.1 Å². The van der Waals surface area contributed by atoms with Crippen molar-refractivity contribution in [2.24, 2.45) is 17.3 Å². The lowest BCUT2D eigenvalue weighted by molar-refractivity contribution is -0.144. The first-order valence-corrected chi connectivity index (χ1v) is 6.64. The molecule has 3 atom stereocenters. The molecule has 1 N–H and O–H groups in total. The third kappa shape index (κ3) is 2.60. The van der Waals surface area contributed by atoms with Crippen molar-refractivity contribution in [3.05, 3.63) is 24.2 Å². The number of carbonyl (C=O) groups is 1. The number of carboxylic acids is 1. The fourth-order valence-corrected chi connectivity index (χ4v) is 3.11. The van der Waals surface area contributed by atoms with Gasteiger partial charge < -0.3 is 9.52 Å². The van der Waals surface area contributed by atoms with Crippen LogP contribution in [0.15, 0.2) is 23.0 Å². The van der Waals surface area contributed by atoms with E-state index in [1.54, 1.807) is 12.5 Å². The van der Waals surface area contributed by atoms with Gasteiger partial charge in [0.15, 0.2) is 0 Å². The Hall–Kier alpha value is -1.25. The summed E-state index contributed by atoms with van der Waals surface area (Å²) in [7, 11) is 0. The summed E-state index contributed by atoms with van der Waals surface area (Å²) in [6, 6.07) is 1.91. The highest BCUT2D eigenvalue weighted by Gasteiger charge is 2.39. The van der Waals surface area contributed by atoms with Crippen molar-refractivity contribution in [3.63, 3.8) is 0 Å². The highest BCUT2D eigenvalue weighted by atomic mass is 16.4. The van der Waals surface area contributed by atoms with Gasteiger partial charge >= 0.3 is 5.97 Å². The molecule has 1 aromatic heterocycles. The van der Waals surface area contributed by atoms with Gasteiger partial charge in [-0.25, -0.2) is 0 Å². The quantitative estimate of drug-likeness (QED) is 0.865. The molecule has 0 saturated heterocycles. The van der Waals surface area contributed by atoms with Crippen molar-refractivity contribution < 1.29 is 14.3 Å². The molecule has 0 amide bonds. The van der Waals surface area contributed by atoms with Crippen LogP contribution in [0.1, 0.15) is 51.5 Å². The van der Waals surface area contributed by atoms with Crippen molar-refractivity contribution in [3.8, 4) is 0 Å². The van der Waals surface area contributed by atoms with Gasteiger partial charge in [-0.15, -0.1) is 0 Å². The standard InChI is InChI=1S/C15H22O3/c1-15(2,3)11-4-5-12(14(16)17)13(8-11)10-6-7-18-9-10/h6-7,9,11-13H,4-5,8H2,1-3H3,(H,16,17). The number of hydrogen-bond donors (Lipinski definition) is 1. The van der Waals surface area contributed by atoms with Crippen molar-refractivity contribution in [1.29, 1.82) is 0 Å². The van der Waals surface area contributed by atoms with Gasteiger partial charge in [-0.05, 0) is 42.2 Å². The average Bonchev–Trinajstić information content (AvgIpc) is 2.80. The number of furan rings is 1. The number of hydrogen-bond acceptors (Lipinski definition) is 2. The molecule has 0 aromatic carbocycles. The fraction of sp³-hybridized carbons (Fsp3) is 0.667. The molecule has 0 bridgehead atoms. The van der Waals surface area contributed by atoms with Crippen molar-refractivity contribution in [2.75, 3.05) is 0 Å². The molecule has 0 aliphatic heterocycles. The SMILES string of the molecule is CC(C)(C)C1CCC(C(=O)O)C(c2ccoc2)C1. The zero-order valence-corrected chi connectivity index (χ0v) is 11.3. The summed E-state index contributed by atoms with van der Waals surface area (Å²) in [4.78, 5) is 11.4. The second-order valence-corrected chi connectivity index (χ2v) is 6.48. The average molecular weight is 250 g/mol. The fourth-order valence-electron chi connectivity index (χ4n) is 3.11. The molecular weight excluding hydrogens is 228 g/mol. The Kier molecular flexibility index (Phi) is 3.51. The van der Waals surface area contributed by atoms with Crippen molar-refractivity contribution in [2.45, 2.75) is 46.0 Å². The maximum absolute atomic E-state index is 11.4. The third-order valence-corrected chi connectivity index (χ3v) is 4.36. The van der Waals surface area contributed by atoms with Crippen LogP contribution in [-0.2, 0) is 4.79 Å². The van der Waals surface area contributed by atoms with Gasteiger partial charge in [-0.2, -0.15) is 0 Å². The molecule has 0 radical (unpaired) electrons. The molecule has 100 valence electrons. The second-order valence-electron chi connectivity index (χ2n) is 6.48. The second kappa shape index (κ2) is 4.79. The Morgan fingerprint density at radius 3 is 2.61 bits per heavy atom. The van der Waals surface area contributed by atoms with E-state index >= 15 is 0 Å². The van der Waals surface area contributed by atoms with Crippen LogP contribution in [0, 0.1) is 17.3 Å². The molecule has 1 saturated carbocycles. The molecule has 2 rings (SSSR count). The minimum atomic E-state index is -0.673. The molecule has 1 aliphatic rings. The van der Waals surface area contributed by atoms with Crippen LogP contribution < -0.4 is 0 Å². The number of carboxylic acid groups (broad SMARTS) is 1. The van der Waals surface area contributed by atoms with Gasteiger partial charge in [0.1, 0.15) is 0 Å². The Balaban J connectivity index is 2.22. The van der Waals surface area contributed by atoms with Gasteiger partial charge in [0.2, 0.25) is 0 Å². The van der Waals surface area contributed by atoms with Crippen LogP contribution in [0.25, 0.3) is 0 Å². The lowest BCUT2D eigenvalue weighted by Crippen LogP contribution is -2.34. The summed E-state index contributed by atoms with van der Waals surface area (Å²) in [5.41, 5.74) is 1.28. The minimum absolute atomic E-state index is 0.0965. The van der Waals surface area contributed by atoms with E-state index < -0.39 is 5.97 Å². The van der Waals surface area contributed by atoms with E-state index in [-0.39, 0.29) is 17.3 Å². The van der Waals surface area contributed by atoms with Gasteiger partial charge in [-0.3, -0.25) is 4.79 Å². The zero-order chi connectivity index (χ0) is 13.3. The smallest absolute Gasteiger partial charge is 0.307 e. The third-order valence-electron chi connectivity index (χ3n) is 4.36. The van der Waals surface area contributed by atoms with Gasteiger partial charge in [-0.1, -0.05) is 20.8 Å². The molecule has 3 unspecified atom stereocenters. The summed E-state index contributed by atoms with van der Waals surface area (Å²) >= 11 is 0. The highest BCUT2D eigenvalue weighted by Crippen LogP contribution is 2.46. The molecule has 1 fully saturated rings. The number of aliphatic carboxylic acids is 1. The monoisotopic (exact) mass is 250 g/mol. The van der Waals surface area contributed by atoms with Gasteiger partial charge in [0.05, 0.1) is 18.4 Å². The predicted molar refractivity (Wildman–Crippen MR) is 69.4 cm³/mol. The molecule has 1 aliphatic carbocycles. The molecule has 1 heterocycles. The van der Waals surface area contributed by atoms with Crippen LogP contribution in [0.2, 0.25) is 0 Å². The zero-order valence-electron chi connectivity index (χ0n) is 11.3. The summed E-state index contributed by atoms with van der Waals surface area (Å²) in [5, 5.41) is 9.37. The molecule has 3 nitrogen and oxygen atoms in total. The Labute approximate surface area is 108 Å². The maximum Gasteiger partial charge on any atom is 0.307 e. The summed E-state index contributed by atoms with van der Waals surface area (Å²) in [5.74, 6) is -0.262. The Bertz CT molecular complexity index is 400. The van der Waals surface area contributed by atoms with Crippen molar-refractivity contribution in [1.82, 2.24) is 0 Å². The van der Waals surface area contributed by atoms with Crippen LogP contribution in [0.4, 0.5) is 0 Å². The van der Waals surface area contributed by atoms with E-state index in [0.29, 0.717) is 5.92 Å². The predicted octanol–water partition coefficient (Wildman–Crippen LogP) is 3.91. The first kappa shape index (κ1) is 13.2. The first-order chi connectivity index (χ1) is 8.39. The molecule has 0 spiro atoms. The van der Waals surface area contributed by atoms with E-state index in [2.05, 4.69) is 20.8 Å². The molecule has 1 aromatic rings. The minimum Gasteiger partial charge on any atom is -0.481 e. The lowest BCUT2D eigenvalue weighted by atomic mass is 9.64. The summed E-state index contributed by atoms with van der Waals surface area (Å²) < 4.78 is 5.12. The number of rotatable bonds is 2. The Morgan fingerprint density at radius 2 is 2.11 bits per heavy atom. The summed E-state index contributed by atoms with van der Waals surface area (Å²) in [6.45, 7) is 6.72. The maximum atomic E-state index is 11.4. The van der Waals surface area contributed by atoms with Crippen LogP contribution in [0.5, 0.6) is 0 Å². The molecule has 3 heteroatoms. The van der Waals surface area contributed by atoms with E-state index in [0.717, 1.165) is 24.8 Å². The Morgan fingerprint density at radius 1 is 1.39 bits per heavy atom. The highest BCUT2D eigenvalue weighted by molar-refractivity contribution is 5.71. The van der Waals surface area contributed by atoms with E-state index in [9.17, 15) is 9.90 Å². The van der Waals surface area contributed by atoms with Crippen LogP contribution >= 0.6 is 0 Å². The largest absolute Gasteiger partial charge is 0.481 e.